The van der Waals surface area contributed by atoms with Gasteiger partial charge in [0.2, 0.25) is 5.89 Å². The molecular weight excluding hydrogens is 312 g/mol. The highest BCUT2D eigenvalue weighted by Gasteiger charge is 2.40. The van der Waals surface area contributed by atoms with Crippen LogP contribution in [-0.4, -0.2) is 46.2 Å². The quantitative estimate of drug-likeness (QED) is 0.934. The summed E-state index contributed by atoms with van der Waals surface area (Å²) in [6.45, 7) is 6.31. The van der Waals surface area contributed by atoms with Gasteiger partial charge in [-0.25, -0.2) is 0 Å². The predicted molar refractivity (Wildman–Crippen MR) is 87.4 cm³/mol. The van der Waals surface area contributed by atoms with Gasteiger partial charge in [0.15, 0.2) is 0 Å². The lowest BCUT2D eigenvalue weighted by atomic mass is 9.79. The van der Waals surface area contributed by atoms with E-state index in [1.807, 2.05) is 12.1 Å². The van der Waals surface area contributed by atoms with Crippen LogP contribution in [-0.2, 0) is 0 Å². The third kappa shape index (κ3) is 2.68. The Bertz CT molecular complexity index is 715. The molecule has 0 spiro atoms. The molecule has 3 saturated heterocycles. The standard InChI is InChI=1S/C16H20N4O2S/c1-9-14(11-5-7-20(9)8-6-11)17-15(21)12-3-4-13(23-12)16-19-18-10(2)22-16/h3-4,9,11,14H,5-8H2,1-2H3,(H,17,21)/t9-,14-/m0/s1. The molecule has 2 aromatic heterocycles. The molecule has 7 heteroatoms. The molecular formula is C16H20N4O2S. The number of nitrogens with one attached hydrogen (secondary N) is 1. The van der Waals surface area contributed by atoms with Crippen molar-refractivity contribution < 1.29 is 9.21 Å². The Labute approximate surface area is 138 Å². The SMILES string of the molecule is Cc1nnc(-c2ccc(C(=O)N[C@@H]3C4CCN(CC4)[C@H]3C)s2)o1. The van der Waals surface area contributed by atoms with Gasteiger partial charge < -0.3 is 9.73 Å². The number of hydrogen-bond acceptors (Lipinski definition) is 6. The van der Waals surface area contributed by atoms with Gasteiger partial charge in [0.05, 0.1) is 9.75 Å². The highest BCUT2D eigenvalue weighted by molar-refractivity contribution is 7.17. The molecule has 3 aliphatic heterocycles. The van der Waals surface area contributed by atoms with E-state index in [1.54, 1.807) is 6.92 Å². The number of fused-ring (bicyclic) bond motifs is 3. The minimum atomic E-state index is 0.00286. The van der Waals surface area contributed by atoms with Crippen LogP contribution in [0.1, 0.15) is 35.3 Å². The van der Waals surface area contributed by atoms with Gasteiger partial charge in [0.25, 0.3) is 11.8 Å². The highest BCUT2D eigenvalue weighted by atomic mass is 32.1. The van der Waals surface area contributed by atoms with E-state index in [-0.39, 0.29) is 11.9 Å². The van der Waals surface area contributed by atoms with Gasteiger partial charge in [0, 0.05) is 19.0 Å². The second-order valence-electron chi connectivity index (χ2n) is 6.40. The zero-order chi connectivity index (χ0) is 16.0. The first-order valence-corrected chi connectivity index (χ1v) is 8.88. The summed E-state index contributed by atoms with van der Waals surface area (Å²) in [5.41, 5.74) is 0. The van der Waals surface area contributed by atoms with Crippen LogP contribution >= 0.6 is 11.3 Å². The van der Waals surface area contributed by atoms with Crippen molar-refractivity contribution >= 4 is 17.2 Å². The summed E-state index contributed by atoms with van der Waals surface area (Å²) in [6.07, 6.45) is 2.37. The number of hydrogen-bond donors (Lipinski definition) is 1. The van der Waals surface area contributed by atoms with Crippen LogP contribution in [0, 0.1) is 12.8 Å². The van der Waals surface area contributed by atoms with Crippen LogP contribution < -0.4 is 5.32 Å². The van der Waals surface area contributed by atoms with Crippen molar-refractivity contribution in [2.75, 3.05) is 13.1 Å². The van der Waals surface area contributed by atoms with E-state index >= 15 is 0 Å². The molecule has 0 saturated carbocycles. The third-order valence-corrected chi connectivity index (χ3v) is 6.11. The molecule has 1 N–H and O–H groups in total. The molecule has 6 nitrogen and oxygen atoms in total. The molecule has 0 radical (unpaired) electrons. The van der Waals surface area contributed by atoms with Crippen LogP contribution in [0.3, 0.4) is 0 Å². The fourth-order valence-corrected chi connectivity index (χ4v) is 4.57. The molecule has 122 valence electrons. The first-order chi connectivity index (χ1) is 11.1. The van der Waals surface area contributed by atoms with Gasteiger partial charge in [-0.3, -0.25) is 9.69 Å². The minimum Gasteiger partial charge on any atom is -0.420 e. The molecule has 2 atom stereocenters. The molecule has 0 aromatic carbocycles. The molecule has 0 aliphatic carbocycles. The molecule has 1 amide bonds. The largest absolute Gasteiger partial charge is 0.420 e. The van der Waals surface area contributed by atoms with Gasteiger partial charge in [-0.15, -0.1) is 21.5 Å². The van der Waals surface area contributed by atoms with Crippen LogP contribution in [0.25, 0.3) is 10.8 Å². The van der Waals surface area contributed by atoms with Gasteiger partial charge >= 0.3 is 0 Å². The molecule has 5 rings (SSSR count). The molecule has 3 fully saturated rings. The normalized spacial score (nSPS) is 29.7. The number of nitrogens with zero attached hydrogens (tertiary/aromatic N) is 3. The highest BCUT2D eigenvalue weighted by Crippen LogP contribution is 2.33. The Kier molecular flexibility index (Phi) is 3.69. The molecule has 2 bridgehead atoms. The lowest BCUT2D eigenvalue weighted by molar-refractivity contribution is 0.0218. The maximum Gasteiger partial charge on any atom is 0.261 e. The minimum absolute atomic E-state index is 0.00286. The predicted octanol–water partition coefficient (Wildman–Crippen LogP) is 2.32. The number of piperidine rings is 3. The maximum atomic E-state index is 12.6. The van der Waals surface area contributed by atoms with E-state index in [9.17, 15) is 4.79 Å². The van der Waals surface area contributed by atoms with Crippen molar-refractivity contribution in [1.82, 2.24) is 20.4 Å². The number of aryl methyl sites for hydroxylation is 1. The molecule has 0 unspecified atom stereocenters. The van der Waals surface area contributed by atoms with E-state index in [2.05, 4.69) is 27.3 Å². The maximum absolute atomic E-state index is 12.6. The van der Waals surface area contributed by atoms with Crippen molar-refractivity contribution in [3.8, 4) is 10.8 Å². The van der Waals surface area contributed by atoms with Crippen LogP contribution in [0.4, 0.5) is 0 Å². The van der Waals surface area contributed by atoms with Gasteiger partial charge in [-0.2, -0.15) is 0 Å². The van der Waals surface area contributed by atoms with Crippen molar-refractivity contribution in [3.63, 3.8) is 0 Å². The zero-order valence-corrected chi connectivity index (χ0v) is 14.1. The van der Waals surface area contributed by atoms with E-state index in [1.165, 1.54) is 24.2 Å². The summed E-state index contributed by atoms with van der Waals surface area (Å²) in [5, 5.41) is 11.1. The monoisotopic (exact) mass is 332 g/mol. The fraction of sp³-hybridized carbons (Fsp3) is 0.562. The van der Waals surface area contributed by atoms with E-state index < -0.39 is 0 Å². The molecule has 3 aliphatic rings. The Morgan fingerprint density at radius 3 is 2.78 bits per heavy atom. The van der Waals surface area contributed by atoms with E-state index in [0.29, 0.717) is 28.6 Å². The summed E-state index contributed by atoms with van der Waals surface area (Å²) in [5.74, 6) is 1.61. The van der Waals surface area contributed by atoms with Gasteiger partial charge in [0.1, 0.15) is 0 Å². The summed E-state index contributed by atoms with van der Waals surface area (Å²) < 4.78 is 5.42. The van der Waals surface area contributed by atoms with Crippen molar-refractivity contribution in [1.29, 1.82) is 0 Å². The Balaban J connectivity index is 1.48. The lowest BCUT2D eigenvalue weighted by Gasteiger charge is -2.49. The van der Waals surface area contributed by atoms with E-state index in [4.69, 9.17) is 4.42 Å². The first kappa shape index (κ1) is 14.8. The molecule has 23 heavy (non-hydrogen) atoms. The Hall–Kier alpha value is -1.73. The smallest absolute Gasteiger partial charge is 0.261 e. The number of carbonyl (C=O) groups is 1. The number of aromatic nitrogens is 2. The molecule has 5 heterocycles. The Morgan fingerprint density at radius 1 is 1.35 bits per heavy atom. The molecule has 2 aromatic rings. The van der Waals surface area contributed by atoms with E-state index in [0.717, 1.165) is 18.0 Å². The van der Waals surface area contributed by atoms with Gasteiger partial charge in [-0.05, 0) is 50.9 Å². The average Bonchev–Trinajstić information content (AvgIpc) is 3.20. The van der Waals surface area contributed by atoms with Crippen molar-refractivity contribution in [2.24, 2.45) is 5.92 Å². The Morgan fingerprint density at radius 2 is 2.13 bits per heavy atom. The third-order valence-electron chi connectivity index (χ3n) is 5.04. The summed E-state index contributed by atoms with van der Waals surface area (Å²) in [6, 6.07) is 4.37. The van der Waals surface area contributed by atoms with Crippen LogP contribution in [0.5, 0.6) is 0 Å². The first-order valence-electron chi connectivity index (χ1n) is 8.07. The second kappa shape index (κ2) is 5.72. The topological polar surface area (TPSA) is 71.3 Å². The number of amides is 1. The van der Waals surface area contributed by atoms with Gasteiger partial charge in [-0.1, -0.05) is 0 Å². The number of carbonyl (C=O) groups excluding carboxylic acids is 1. The van der Waals surface area contributed by atoms with Crippen LogP contribution in [0.15, 0.2) is 16.5 Å². The lowest BCUT2D eigenvalue weighted by Crippen LogP contribution is -2.62. The van der Waals surface area contributed by atoms with Crippen LogP contribution in [0.2, 0.25) is 0 Å². The second-order valence-corrected chi connectivity index (χ2v) is 7.49. The zero-order valence-electron chi connectivity index (χ0n) is 13.3. The number of thiophene rings is 1. The number of rotatable bonds is 3. The summed E-state index contributed by atoms with van der Waals surface area (Å²) in [4.78, 5) is 16.6. The summed E-state index contributed by atoms with van der Waals surface area (Å²) in [7, 11) is 0. The van der Waals surface area contributed by atoms with Crippen molar-refractivity contribution in [2.45, 2.75) is 38.8 Å². The summed E-state index contributed by atoms with van der Waals surface area (Å²) >= 11 is 1.40. The van der Waals surface area contributed by atoms with Crippen molar-refractivity contribution in [3.05, 3.63) is 22.9 Å². The fourth-order valence-electron chi connectivity index (χ4n) is 3.74. The average molecular weight is 332 g/mol.